The van der Waals surface area contributed by atoms with E-state index in [0.717, 1.165) is 42.3 Å². The van der Waals surface area contributed by atoms with Gasteiger partial charge in [-0.3, -0.25) is 19.7 Å². The van der Waals surface area contributed by atoms with E-state index in [0.29, 0.717) is 24.1 Å². The Hall–Kier alpha value is -2.92. The van der Waals surface area contributed by atoms with Gasteiger partial charge in [0.25, 0.3) is 5.56 Å². The summed E-state index contributed by atoms with van der Waals surface area (Å²) in [4.78, 5) is 29.9. The highest BCUT2D eigenvalue weighted by Crippen LogP contribution is 2.28. The molecule has 0 amide bonds. The van der Waals surface area contributed by atoms with E-state index < -0.39 is 0 Å². The van der Waals surface area contributed by atoms with Gasteiger partial charge in [-0.05, 0) is 33.4 Å². The van der Waals surface area contributed by atoms with E-state index in [1.54, 1.807) is 11.0 Å². The minimum absolute atomic E-state index is 0.142. The quantitative estimate of drug-likeness (QED) is 0.837. The average Bonchev–Trinajstić information content (AvgIpc) is 3.10. The average molecular weight is 381 g/mol. The molecule has 2 aromatic heterocycles. The van der Waals surface area contributed by atoms with Crippen LogP contribution in [0.1, 0.15) is 29.1 Å². The number of hydrogen-bond donors (Lipinski definition) is 1. The molecule has 0 bridgehead atoms. The molecule has 0 aromatic carbocycles. The molecule has 3 rings (SSSR count). The van der Waals surface area contributed by atoms with Crippen LogP contribution in [0.15, 0.2) is 16.9 Å². The van der Waals surface area contributed by atoms with Crippen molar-refractivity contribution in [2.45, 2.75) is 32.9 Å². The first-order valence-electron chi connectivity index (χ1n) is 9.39. The zero-order chi connectivity index (χ0) is 20.4. The van der Waals surface area contributed by atoms with Gasteiger partial charge in [0.15, 0.2) is 0 Å². The second-order valence-electron chi connectivity index (χ2n) is 7.61. The van der Waals surface area contributed by atoms with Crippen LogP contribution in [0.5, 0.6) is 0 Å². The van der Waals surface area contributed by atoms with E-state index in [1.165, 1.54) is 0 Å². The summed E-state index contributed by atoms with van der Waals surface area (Å²) in [6.45, 7) is 6.16. The van der Waals surface area contributed by atoms with E-state index in [1.807, 2.05) is 34.0 Å². The summed E-state index contributed by atoms with van der Waals surface area (Å²) < 4.78 is 0. The number of hydrogen-bond acceptors (Lipinski definition) is 7. The summed E-state index contributed by atoms with van der Waals surface area (Å²) in [6.07, 6.45) is 0.992. The van der Waals surface area contributed by atoms with Gasteiger partial charge in [-0.1, -0.05) is 0 Å². The summed E-state index contributed by atoms with van der Waals surface area (Å²) in [7, 11) is 5.76. The maximum Gasteiger partial charge on any atom is 0.252 e. The van der Waals surface area contributed by atoms with Crippen LogP contribution in [0, 0.1) is 25.2 Å². The molecule has 1 aliphatic rings. The topological polar surface area (TPSA) is 92.2 Å². The minimum atomic E-state index is -0.142. The lowest BCUT2D eigenvalue weighted by Gasteiger charge is -2.26. The SMILES string of the molecule is Cc1cc(N2CC[C@H](N(C)Cc3cc(=O)[nH]c(N(C)C)n3)C2)c(C#N)c(C)n1. The van der Waals surface area contributed by atoms with Crippen LogP contribution in [0.2, 0.25) is 0 Å². The monoisotopic (exact) mass is 381 g/mol. The van der Waals surface area contributed by atoms with Gasteiger partial charge in [-0.25, -0.2) is 4.98 Å². The number of rotatable bonds is 5. The molecule has 0 spiro atoms. The van der Waals surface area contributed by atoms with Crippen LogP contribution in [0.4, 0.5) is 11.6 Å². The second-order valence-corrected chi connectivity index (χ2v) is 7.61. The lowest BCUT2D eigenvalue weighted by molar-refractivity contribution is 0.247. The van der Waals surface area contributed by atoms with Crippen LogP contribution in [-0.2, 0) is 6.54 Å². The van der Waals surface area contributed by atoms with E-state index in [9.17, 15) is 10.1 Å². The van der Waals surface area contributed by atoms with E-state index >= 15 is 0 Å². The highest BCUT2D eigenvalue weighted by Gasteiger charge is 2.28. The molecule has 148 valence electrons. The van der Waals surface area contributed by atoms with Crippen molar-refractivity contribution >= 4 is 11.6 Å². The molecular formula is C20H27N7O. The molecule has 0 saturated carbocycles. The molecule has 0 aliphatic carbocycles. The van der Waals surface area contributed by atoms with Crippen LogP contribution in [0.25, 0.3) is 0 Å². The Morgan fingerprint density at radius 1 is 1.29 bits per heavy atom. The smallest absolute Gasteiger partial charge is 0.252 e. The summed E-state index contributed by atoms with van der Waals surface area (Å²) in [5.74, 6) is 0.561. The molecule has 0 radical (unpaired) electrons. The standard InChI is InChI=1S/C20H27N7O/c1-13-8-18(17(10-21)14(2)22-13)27-7-6-16(12-27)26(5)11-15-9-19(28)24-20(23-15)25(3)4/h8-9,16H,6-7,11-12H2,1-5H3,(H,23,24,28)/t16-/m0/s1. The molecule has 0 unspecified atom stereocenters. The Labute approximate surface area is 165 Å². The van der Waals surface area contributed by atoms with Crippen LogP contribution < -0.4 is 15.4 Å². The van der Waals surface area contributed by atoms with Crippen LogP contribution >= 0.6 is 0 Å². The normalized spacial score (nSPS) is 16.5. The summed E-state index contributed by atoms with van der Waals surface area (Å²) in [5.41, 5.74) is 3.93. The molecule has 1 fully saturated rings. The van der Waals surface area contributed by atoms with Crippen molar-refractivity contribution in [1.29, 1.82) is 5.26 Å². The van der Waals surface area contributed by atoms with E-state index in [4.69, 9.17) is 0 Å². The number of nitrogens with one attached hydrogen (secondary N) is 1. The molecule has 2 aromatic rings. The Morgan fingerprint density at radius 3 is 2.71 bits per heavy atom. The molecule has 1 atom stereocenters. The maximum atomic E-state index is 11.9. The summed E-state index contributed by atoms with van der Waals surface area (Å²) >= 11 is 0. The van der Waals surface area contributed by atoms with Crippen LogP contribution in [0.3, 0.4) is 0 Å². The van der Waals surface area contributed by atoms with Crippen molar-refractivity contribution in [2.75, 3.05) is 44.0 Å². The number of anilines is 2. The minimum Gasteiger partial charge on any atom is -0.369 e. The van der Waals surface area contributed by atoms with Crippen molar-refractivity contribution < 1.29 is 0 Å². The van der Waals surface area contributed by atoms with Gasteiger partial charge in [0, 0.05) is 51.5 Å². The molecule has 8 heteroatoms. The van der Waals surface area contributed by atoms with Gasteiger partial charge >= 0.3 is 0 Å². The third-order valence-corrected chi connectivity index (χ3v) is 5.16. The fraction of sp³-hybridized carbons (Fsp3) is 0.500. The highest BCUT2D eigenvalue weighted by molar-refractivity contribution is 5.62. The molecule has 1 aliphatic heterocycles. The maximum absolute atomic E-state index is 11.9. The molecule has 1 N–H and O–H groups in total. The van der Waals surface area contributed by atoms with Gasteiger partial charge in [0.05, 0.1) is 22.6 Å². The first-order valence-corrected chi connectivity index (χ1v) is 9.39. The number of nitriles is 1. The number of pyridine rings is 1. The van der Waals surface area contributed by atoms with Crippen molar-refractivity contribution in [2.24, 2.45) is 0 Å². The van der Waals surface area contributed by atoms with Crippen molar-refractivity contribution in [3.8, 4) is 6.07 Å². The predicted octanol–water partition coefficient (Wildman–Crippen LogP) is 1.43. The first-order chi connectivity index (χ1) is 13.3. The number of aromatic amines is 1. The Bertz CT molecular complexity index is 960. The molecule has 1 saturated heterocycles. The lowest BCUT2D eigenvalue weighted by Crippen LogP contribution is -2.35. The van der Waals surface area contributed by atoms with Gasteiger partial charge in [0.1, 0.15) is 6.07 Å². The number of likely N-dealkylation sites (N-methyl/N-ethyl adjacent to an activating group) is 1. The van der Waals surface area contributed by atoms with E-state index in [2.05, 4.69) is 37.9 Å². The van der Waals surface area contributed by atoms with Gasteiger partial charge in [0.2, 0.25) is 5.95 Å². The number of nitrogens with zero attached hydrogens (tertiary/aromatic N) is 6. The number of H-pyrrole nitrogens is 1. The third kappa shape index (κ3) is 4.15. The number of aromatic nitrogens is 3. The fourth-order valence-electron chi connectivity index (χ4n) is 3.69. The third-order valence-electron chi connectivity index (χ3n) is 5.16. The van der Waals surface area contributed by atoms with Crippen molar-refractivity contribution in [3.63, 3.8) is 0 Å². The van der Waals surface area contributed by atoms with Gasteiger partial charge in [-0.15, -0.1) is 0 Å². The zero-order valence-corrected chi connectivity index (χ0v) is 17.2. The molecule has 3 heterocycles. The summed E-state index contributed by atoms with van der Waals surface area (Å²) in [5, 5.41) is 9.55. The Morgan fingerprint density at radius 2 is 2.04 bits per heavy atom. The Balaban J connectivity index is 1.74. The van der Waals surface area contributed by atoms with Crippen molar-refractivity contribution in [3.05, 3.63) is 45.1 Å². The molecular weight excluding hydrogens is 354 g/mol. The van der Waals surface area contributed by atoms with Gasteiger partial charge < -0.3 is 9.80 Å². The molecule has 28 heavy (non-hydrogen) atoms. The molecule has 8 nitrogen and oxygen atoms in total. The fourth-order valence-corrected chi connectivity index (χ4v) is 3.69. The summed E-state index contributed by atoms with van der Waals surface area (Å²) in [6, 6.07) is 6.18. The van der Waals surface area contributed by atoms with Crippen molar-refractivity contribution in [1.82, 2.24) is 19.9 Å². The second kappa shape index (κ2) is 7.98. The number of aryl methyl sites for hydroxylation is 2. The van der Waals surface area contributed by atoms with Gasteiger partial charge in [-0.2, -0.15) is 5.26 Å². The first kappa shape index (κ1) is 19.8. The lowest BCUT2D eigenvalue weighted by atomic mass is 10.1. The highest BCUT2D eigenvalue weighted by atomic mass is 16.1. The van der Waals surface area contributed by atoms with E-state index in [-0.39, 0.29) is 5.56 Å². The predicted molar refractivity (Wildman–Crippen MR) is 110 cm³/mol. The zero-order valence-electron chi connectivity index (χ0n) is 17.2. The largest absolute Gasteiger partial charge is 0.369 e. The Kier molecular flexibility index (Phi) is 5.66. The van der Waals surface area contributed by atoms with Crippen LogP contribution in [-0.4, -0.2) is 60.1 Å².